The van der Waals surface area contributed by atoms with Gasteiger partial charge in [-0.2, -0.15) is 0 Å². The smallest absolute Gasteiger partial charge is 0.143 e. The van der Waals surface area contributed by atoms with Crippen LogP contribution in [-0.4, -0.2) is 24.9 Å². The number of aryl methyl sites for hydroxylation is 1. The summed E-state index contributed by atoms with van der Waals surface area (Å²) < 4.78 is 5.18. The largest absolute Gasteiger partial charge is 0.495 e. The van der Waals surface area contributed by atoms with Crippen LogP contribution in [0.25, 0.3) is 0 Å². The number of benzene rings is 1. The van der Waals surface area contributed by atoms with Gasteiger partial charge in [0.25, 0.3) is 0 Å². The van der Waals surface area contributed by atoms with Crippen LogP contribution in [0.2, 0.25) is 5.02 Å². The first kappa shape index (κ1) is 12.1. The lowest BCUT2D eigenvalue weighted by Gasteiger charge is -2.14. The second-order valence-electron chi connectivity index (χ2n) is 3.53. The van der Waals surface area contributed by atoms with Crippen LogP contribution in [0.5, 0.6) is 5.75 Å². The number of anilines is 1. The number of methoxy groups -OCH3 is 1. The Hall–Kier alpha value is -0.930. The summed E-state index contributed by atoms with van der Waals surface area (Å²) in [7, 11) is 1.59. The van der Waals surface area contributed by atoms with Gasteiger partial charge < -0.3 is 15.2 Å². The summed E-state index contributed by atoms with van der Waals surface area (Å²) in [6, 6.07) is 3.67. The van der Waals surface area contributed by atoms with Gasteiger partial charge in [-0.1, -0.05) is 11.6 Å². The van der Waals surface area contributed by atoms with Crippen molar-refractivity contribution in [2.45, 2.75) is 20.0 Å². The summed E-state index contributed by atoms with van der Waals surface area (Å²) in [5.74, 6) is 0.686. The Balaban J connectivity index is 2.89. The molecule has 1 unspecified atom stereocenters. The Morgan fingerprint density at radius 1 is 1.53 bits per heavy atom. The lowest BCUT2D eigenvalue weighted by molar-refractivity contribution is 0.208. The van der Waals surface area contributed by atoms with E-state index in [0.717, 1.165) is 11.3 Å². The van der Waals surface area contributed by atoms with E-state index in [0.29, 0.717) is 17.3 Å². The number of hydrogen-bond acceptors (Lipinski definition) is 3. The molecule has 0 aliphatic heterocycles. The van der Waals surface area contributed by atoms with Crippen molar-refractivity contribution in [3.63, 3.8) is 0 Å². The number of hydrogen-bond donors (Lipinski definition) is 2. The predicted octanol–water partition coefficient (Wildman–Crippen LogP) is 2.45. The molecule has 0 aliphatic rings. The monoisotopic (exact) mass is 229 g/mol. The molecule has 1 atom stereocenters. The van der Waals surface area contributed by atoms with Crippen molar-refractivity contribution in [1.29, 1.82) is 0 Å². The highest BCUT2D eigenvalue weighted by atomic mass is 35.5. The first-order chi connectivity index (χ1) is 7.04. The Bertz CT molecular complexity index is 340. The van der Waals surface area contributed by atoms with Crippen LogP contribution in [0.4, 0.5) is 5.69 Å². The molecule has 0 radical (unpaired) electrons. The number of aliphatic hydroxyl groups is 1. The maximum Gasteiger partial charge on any atom is 0.143 e. The highest BCUT2D eigenvalue weighted by Crippen LogP contribution is 2.30. The van der Waals surface area contributed by atoms with Crippen LogP contribution in [-0.2, 0) is 0 Å². The van der Waals surface area contributed by atoms with Gasteiger partial charge in [0.05, 0.1) is 18.9 Å². The van der Waals surface area contributed by atoms with Crippen LogP contribution < -0.4 is 10.1 Å². The van der Waals surface area contributed by atoms with E-state index in [-0.39, 0.29) is 0 Å². The highest BCUT2D eigenvalue weighted by Gasteiger charge is 2.07. The van der Waals surface area contributed by atoms with E-state index in [1.165, 1.54) is 0 Å². The van der Waals surface area contributed by atoms with Gasteiger partial charge in [-0.25, -0.2) is 0 Å². The molecule has 15 heavy (non-hydrogen) atoms. The molecule has 84 valence electrons. The maximum absolute atomic E-state index is 9.17. The van der Waals surface area contributed by atoms with Crippen molar-refractivity contribution < 1.29 is 9.84 Å². The van der Waals surface area contributed by atoms with Crippen molar-refractivity contribution in [1.82, 2.24) is 0 Å². The molecule has 3 nitrogen and oxygen atoms in total. The molecule has 2 N–H and O–H groups in total. The fourth-order valence-electron chi connectivity index (χ4n) is 1.23. The number of nitrogens with one attached hydrogen (secondary N) is 1. The molecule has 0 amide bonds. The summed E-state index contributed by atoms with van der Waals surface area (Å²) in [6.07, 6.45) is -0.398. The third kappa shape index (κ3) is 3.29. The van der Waals surface area contributed by atoms with E-state index in [4.69, 9.17) is 16.3 Å². The van der Waals surface area contributed by atoms with Crippen LogP contribution in [0.1, 0.15) is 12.5 Å². The van der Waals surface area contributed by atoms with Gasteiger partial charge in [-0.05, 0) is 25.5 Å². The van der Waals surface area contributed by atoms with E-state index >= 15 is 0 Å². The van der Waals surface area contributed by atoms with Crippen LogP contribution in [0.3, 0.4) is 0 Å². The van der Waals surface area contributed by atoms with E-state index in [1.54, 1.807) is 20.1 Å². The molecule has 0 fully saturated rings. The third-order valence-electron chi connectivity index (χ3n) is 2.07. The van der Waals surface area contributed by atoms with Crippen molar-refractivity contribution in [3.8, 4) is 5.75 Å². The number of aliphatic hydroxyl groups excluding tert-OH is 1. The minimum atomic E-state index is -0.398. The molecule has 1 aromatic carbocycles. The summed E-state index contributed by atoms with van der Waals surface area (Å²) in [4.78, 5) is 0. The van der Waals surface area contributed by atoms with Gasteiger partial charge in [0.2, 0.25) is 0 Å². The minimum Gasteiger partial charge on any atom is -0.495 e. The molecule has 1 aromatic rings. The molecule has 0 saturated carbocycles. The Labute approximate surface area is 95.0 Å². The van der Waals surface area contributed by atoms with Crippen LogP contribution >= 0.6 is 11.6 Å². The standard InChI is InChI=1S/C11H16ClNO2/c1-7-4-10(13-6-8(2)14)11(15-3)5-9(7)12/h4-5,8,13-14H,6H2,1-3H3. The van der Waals surface area contributed by atoms with Gasteiger partial charge in [-0.3, -0.25) is 0 Å². The maximum atomic E-state index is 9.17. The molecule has 0 bridgehead atoms. The van der Waals surface area contributed by atoms with Crippen LogP contribution in [0, 0.1) is 6.92 Å². The fraction of sp³-hybridized carbons (Fsp3) is 0.455. The molecule has 0 spiro atoms. The van der Waals surface area contributed by atoms with Gasteiger partial charge in [-0.15, -0.1) is 0 Å². The average molecular weight is 230 g/mol. The molecule has 0 aliphatic carbocycles. The third-order valence-corrected chi connectivity index (χ3v) is 2.48. The van der Waals surface area contributed by atoms with E-state index in [2.05, 4.69) is 5.32 Å². The molecule has 1 rings (SSSR count). The molecule has 0 saturated heterocycles. The minimum absolute atomic E-state index is 0.398. The Morgan fingerprint density at radius 3 is 2.73 bits per heavy atom. The Morgan fingerprint density at radius 2 is 2.20 bits per heavy atom. The van der Waals surface area contributed by atoms with Crippen molar-refractivity contribution in [2.75, 3.05) is 19.0 Å². The average Bonchev–Trinajstić information content (AvgIpc) is 2.19. The normalized spacial score (nSPS) is 12.3. The second-order valence-corrected chi connectivity index (χ2v) is 3.94. The predicted molar refractivity (Wildman–Crippen MR) is 62.9 cm³/mol. The number of rotatable bonds is 4. The van der Waals surface area contributed by atoms with Gasteiger partial charge in [0.15, 0.2) is 0 Å². The van der Waals surface area contributed by atoms with Gasteiger partial charge in [0.1, 0.15) is 5.75 Å². The zero-order valence-electron chi connectivity index (χ0n) is 9.17. The second kappa shape index (κ2) is 5.24. The summed E-state index contributed by atoms with van der Waals surface area (Å²) in [6.45, 7) is 4.13. The summed E-state index contributed by atoms with van der Waals surface area (Å²) in [5.41, 5.74) is 1.82. The molecular weight excluding hydrogens is 214 g/mol. The van der Waals surface area contributed by atoms with Gasteiger partial charge >= 0.3 is 0 Å². The summed E-state index contributed by atoms with van der Waals surface area (Å²) in [5, 5.41) is 12.9. The van der Waals surface area contributed by atoms with Gasteiger partial charge in [0, 0.05) is 17.6 Å². The van der Waals surface area contributed by atoms with Crippen molar-refractivity contribution in [2.24, 2.45) is 0 Å². The highest BCUT2D eigenvalue weighted by molar-refractivity contribution is 6.31. The van der Waals surface area contributed by atoms with Crippen molar-refractivity contribution >= 4 is 17.3 Å². The zero-order chi connectivity index (χ0) is 11.4. The summed E-state index contributed by atoms with van der Waals surface area (Å²) >= 11 is 5.97. The van der Waals surface area contributed by atoms with E-state index in [9.17, 15) is 5.11 Å². The number of ether oxygens (including phenoxy) is 1. The van der Waals surface area contributed by atoms with Crippen LogP contribution in [0.15, 0.2) is 12.1 Å². The molecular formula is C11H16ClNO2. The zero-order valence-corrected chi connectivity index (χ0v) is 9.93. The first-order valence-corrected chi connectivity index (χ1v) is 5.18. The van der Waals surface area contributed by atoms with Crippen molar-refractivity contribution in [3.05, 3.63) is 22.7 Å². The SMILES string of the molecule is COc1cc(Cl)c(C)cc1NCC(C)O. The first-order valence-electron chi connectivity index (χ1n) is 4.80. The molecule has 0 aromatic heterocycles. The topological polar surface area (TPSA) is 41.5 Å². The van der Waals surface area contributed by atoms with E-state index < -0.39 is 6.10 Å². The lowest BCUT2D eigenvalue weighted by atomic mass is 10.2. The molecule has 0 heterocycles. The quantitative estimate of drug-likeness (QED) is 0.834. The lowest BCUT2D eigenvalue weighted by Crippen LogP contribution is -2.15. The van der Waals surface area contributed by atoms with E-state index in [1.807, 2.05) is 13.0 Å². The molecule has 4 heteroatoms. The fourth-order valence-corrected chi connectivity index (χ4v) is 1.38. The number of halogens is 1. The Kier molecular flexibility index (Phi) is 4.24.